The van der Waals surface area contributed by atoms with Gasteiger partial charge in [0.2, 0.25) is 5.75 Å². The topological polar surface area (TPSA) is 60.0 Å². The minimum Gasteiger partial charge on any atom is -0.493 e. The molecule has 2 aromatic carbocycles. The second kappa shape index (κ2) is 9.08. The van der Waals surface area contributed by atoms with E-state index in [9.17, 15) is 13.6 Å². The van der Waals surface area contributed by atoms with E-state index in [2.05, 4.69) is 10.1 Å². The Morgan fingerprint density at radius 1 is 1.17 bits per heavy atom. The molecule has 158 valence electrons. The number of alkyl halides is 2. The van der Waals surface area contributed by atoms with Crippen LogP contribution in [0, 0.1) is 0 Å². The molecular formula is C21H20F2N2O4S. The molecule has 30 heavy (non-hydrogen) atoms. The predicted octanol–water partition coefficient (Wildman–Crippen LogP) is 4.13. The molecule has 6 nitrogen and oxygen atoms in total. The first-order chi connectivity index (χ1) is 14.4. The Bertz CT molecular complexity index is 985. The summed E-state index contributed by atoms with van der Waals surface area (Å²) in [6.45, 7) is -1.05. The molecule has 0 aromatic heterocycles. The molecule has 0 bridgehead atoms. The molecule has 0 atom stereocenters. The molecular weight excluding hydrogens is 414 g/mol. The number of carbonyl (C=O) groups excluding carboxylic acids is 1. The lowest BCUT2D eigenvalue weighted by molar-refractivity contribution is -0.113. The summed E-state index contributed by atoms with van der Waals surface area (Å²) in [4.78, 5) is 14.5. The van der Waals surface area contributed by atoms with Gasteiger partial charge in [-0.2, -0.15) is 8.78 Å². The largest absolute Gasteiger partial charge is 0.493 e. The van der Waals surface area contributed by atoms with Crippen molar-refractivity contribution >= 4 is 35.0 Å². The lowest BCUT2D eigenvalue weighted by atomic mass is 10.1. The molecule has 0 aliphatic carbocycles. The van der Waals surface area contributed by atoms with Gasteiger partial charge in [-0.1, -0.05) is 25.1 Å². The molecule has 1 fully saturated rings. The number of hydrogen-bond donors (Lipinski definition) is 1. The number of amides is 1. The van der Waals surface area contributed by atoms with Gasteiger partial charge in [-0.15, -0.1) is 0 Å². The number of ether oxygens (including phenoxy) is 3. The molecule has 9 heteroatoms. The van der Waals surface area contributed by atoms with Gasteiger partial charge in [-0.3, -0.25) is 9.69 Å². The van der Waals surface area contributed by atoms with Gasteiger partial charge >= 0.3 is 6.61 Å². The van der Waals surface area contributed by atoms with Gasteiger partial charge in [0.1, 0.15) is 5.70 Å². The fourth-order valence-electron chi connectivity index (χ4n) is 3.14. The van der Waals surface area contributed by atoms with E-state index in [1.807, 2.05) is 31.2 Å². The Balaban J connectivity index is 1.99. The summed E-state index contributed by atoms with van der Waals surface area (Å²) in [5.41, 5.74) is 2.40. The van der Waals surface area contributed by atoms with Crippen molar-refractivity contribution in [2.75, 3.05) is 19.1 Å². The second-order valence-electron chi connectivity index (χ2n) is 6.24. The molecule has 0 saturated carbocycles. The lowest BCUT2D eigenvalue weighted by Gasteiger charge is -2.17. The van der Waals surface area contributed by atoms with E-state index in [0.717, 1.165) is 12.0 Å². The molecule has 1 saturated heterocycles. The molecule has 2 aromatic rings. The SMILES string of the molecule is CCc1ccccc1N1C(=O)C(=Cc2cc(OC)c(OC(F)F)c(OC)c2)NC1=S. The maximum atomic E-state index is 13.0. The number of halogens is 2. The normalized spacial score (nSPS) is 15.0. The van der Waals surface area contributed by atoms with E-state index in [4.69, 9.17) is 21.7 Å². The zero-order valence-corrected chi connectivity index (χ0v) is 17.4. The molecule has 1 aliphatic heterocycles. The monoisotopic (exact) mass is 434 g/mol. The van der Waals surface area contributed by atoms with E-state index in [1.54, 1.807) is 6.08 Å². The van der Waals surface area contributed by atoms with Gasteiger partial charge in [-0.25, -0.2) is 0 Å². The van der Waals surface area contributed by atoms with Crippen molar-refractivity contribution in [2.45, 2.75) is 20.0 Å². The molecule has 1 heterocycles. The van der Waals surface area contributed by atoms with Crippen molar-refractivity contribution in [3.63, 3.8) is 0 Å². The van der Waals surface area contributed by atoms with Crippen LogP contribution in [0.25, 0.3) is 6.08 Å². The van der Waals surface area contributed by atoms with Crippen LogP contribution in [-0.2, 0) is 11.2 Å². The molecule has 1 N–H and O–H groups in total. The van der Waals surface area contributed by atoms with Gasteiger partial charge in [0.05, 0.1) is 19.9 Å². The minimum absolute atomic E-state index is 0.0442. The Morgan fingerprint density at radius 3 is 2.37 bits per heavy atom. The standard InChI is InChI=1S/C21H20F2N2O4S/c1-4-13-7-5-6-8-15(13)25-19(26)14(24-21(25)30)9-12-10-16(27-2)18(29-20(22)23)17(11-12)28-3/h5-11,20H,4H2,1-3H3,(H,24,30). The third kappa shape index (κ3) is 4.20. The highest BCUT2D eigenvalue weighted by Gasteiger charge is 2.33. The van der Waals surface area contributed by atoms with Crippen LogP contribution in [0.2, 0.25) is 0 Å². The second-order valence-corrected chi connectivity index (χ2v) is 6.63. The average molecular weight is 434 g/mol. The van der Waals surface area contributed by atoms with Gasteiger partial charge in [0, 0.05) is 0 Å². The summed E-state index contributed by atoms with van der Waals surface area (Å²) >= 11 is 5.37. The smallest absolute Gasteiger partial charge is 0.387 e. The first kappa shape index (κ1) is 21.5. The van der Waals surface area contributed by atoms with E-state index in [-0.39, 0.29) is 34.0 Å². The minimum atomic E-state index is -3.04. The van der Waals surface area contributed by atoms with Crippen molar-refractivity contribution in [2.24, 2.45) is 0 Å². The molecule has 3 rings (SSSR count). The highest BCUT2D eigenvalue weighted by atomic mass is 32.1. The van der Waals surface area contributed by atoms with Crippen LogP contribution in [0.5, 0.6) is 17.2 Å². The number of thiocarbonyl (C=S) groups is 1. The van der Waals surface area contributed by atoms with Gasteiger partial charge in [-0.05, 0) is 54.0 Å². The number of aryl methyl sites for hydroxylation is 1. The third-order valence-electron chi connectivity index (χ3n) is 4.49. The highest BCUT2D eigenvalue weighted by molar-refractivity contribution is 7.80. The van der Waals surface area contributed by atoms with Crippen LogP contribution in [0.3, 0.4) is 0 Å². The third-order valence-corrected chi connectivity index (χ3v) is 4.78. The van der Waals surface area contributed by atoms with Crippen molar-refractivity contribution in [1.29, 1.82) is 0 Å². The van der Waals surface area contributed by atoms with Crippen LogP contribution in [0.15, 0.2) is 42.1 Å². The zero-order valence-electron chi connectivity index (χ0n) is 16.6. The summed E-state index contributed by atoms with van der Waals surface area (Å²) in [7, 11) is 2.64. The Hall–Kier alpha value is -3.20. The van der Waals surface area contributed by atoms with Crippen LogP contribution < -0.4 is 24.4 Å². The first-order valence-corrected chi connectivity index (χ1v) is 9.46. The van der Waals surface area contributed by atoms with Gasteiger partial charge < -0.3 is 19.5 Å². The maximum absolute atomic E-state index is 13.0. The van der Waals surface area contributed by atoms with E-state index >= 15 is 0 Å². The predicted molar refractivity (Wildman–Crippen MR) is 113 cm³/mol. The number of anilines is 1. The Morgan fingerprint density at radius 2 is 1.80 bits per heavy atom. The number of methoxy groups -OCH3 is 2. The highest BCUT2D eigenvalue weighted by Crippen LogP contribution is 2.40. The summed E-state index contributed by atoms with van der Waals surface area (Å²) in [5.74, 6) is -0.464. The molecule has 0 radical (unpaired) electrons. The fourth-order valence-corrected chi connectivity index (χ4v) is 3.43. The van der Waals surface area contributed by atoms with E-state index in [0.29, 0.717) is 11.3 Å². The zero-order chi connectivity index (χ0) is 21.8. The van der Waals surface area contributed by atoms with Crippen molar-refractivity contribution in [3.8, 4) is 17.2 Å². The van der Waals surface area contributed by atoms with Crippen molar-refractivity contribution < 1.29 is 27.8 Å². The summed E-state index contributed by atoms with van der Waals surface area (Å²) in [6, 6.07) is 10.4. The molecule has 0 unspecified atom stereocenters. The summed E-state index contributed by atoms with van der Waals surface area (Å²) < 4.78 is 40.3. The number of benzene rings is 2. The van der Waals surface area contributed by atoms with Crippen LogP contribution >= 0.6 is 12.2 Å². The Labute approximate surface area is 178 Å². The van der Waals surface area contributed by atoms with Crippen LogP contribution in [0.4, 0.5) is 14.5 Å². The molecule has 1 aliphatic rings. The maximum Gasteiger partial charge on any atom is 0.387 e. The van der Waals surface area contributed by atoms with E-state index < -0.39 is 6.61 Å². The number of carbonyl (C=O) groups is 1. The van der Waals surface area contributed by atoms with Crippen LogP contribution in [0.1, 0.15) is 18.1 Å². The van der Waals surface area contributed by atoms with Gasteiger partial charge in [0.15, 0.2) is 16.6 Å². The molecule has 1 amide bonds. The quantitative estimate of drug-likeness (QED) is 0.522. The fraction of sp³-hybridized carbons (Fsp3) is 0.238. The summed E-state index contributed by atoms with van der Waals surface area (Å²) in [5, 5.41) is 3.16. The van der Waals surface area contributed by atoms with Crippen molar-refractivity contribution in [1.82, 2.24) is 5.32 Å². The van der Waals surface area contributed by atoms with Gasteiger partial charge in [0.25, 0.3) is 5.91 Å². The number of hydrogen-bond acceptors (Lipinski definition) is 5. The lowest BCUT2D eigenvalue weighted by Crippen LogP contribution is -2.31. The first-order valence-electron chi connectivity index (χ1n) is 9.05. The number of para-hydroxylation sites is 1. The van der Waals surface area contributed by atoms with E-state index in [1.165, 1.54) is 31.3 Å². The number of nitrogens with zero attached hydrogens (tertiary/aromatic N) is 1. The average Bonchev–Trinajstić information content (AvgIpc) is 3.01. The number of rotatable bonds is 7. The van der Waals surface area contributed by atoms with Crippen molar-refractivity contribution in [3.05, 3.63) is 53.2 Å². The summed E-state index contributed by atoms with van der Waals surface area (Å²) in [6.07, 6.45) is 2.28. The Kier molecular flexibility index (Phi) is 6.51. The molecule has 0 spiro atoms. The van der Waals surface area contributed by atoms with Crippen LogP contribution in [-0.4, -0.2) is 31.9 Å². The number of nitrogens with one attached hydrogen (secondary N) is 1.